The Kier molecular flexibility index (Phi) is 3.99. The summed E-state index contributed by atoms with van der Waals surface area (Å²) >= 11 is 0. The van der Waals surface area contributed by atoms with Crippen LogP contribution in [0.2, 0.25) is 0 Å². The summed E-state index contributed by atoms with van der Waals surface area (Å²) in [7, 11) is 1.95. The number of hydrogen-bond donors (Lipinski definition) is 1. The number of allylic oxidation sites excluding steroid dienone is 3. The lowest BCUT2D eigenvalue weighted by atomic mass is 10.1. The van der Waals surface area contributed by atoms with Crippen molar-refractivity contribution in [1.29, 1.82) is 0 Å². The first-order valence-corrected chi connectivity index (χ1v) is 4.81. The first-order chi connectivity index (χ1) is 6.77. The molecule has 0 saturated carbocycles. The van der Waals surface area contributed by atoms with Gasteiger partial charge in [-0.25, -0.2) is 0 Å². The van der Waals surface area contributed by atoms with Crippen LogP contribution in [-0.4, -0.2) is 7.05 Å². The molecule has 0 fully saturated rings. The van der Waals surface area contributed by atoms with E-state index in [0.717, 1.165) is 6.42 Å². The highest BCUT2D eigenvalue weighted by Gasteiger charge is 1.99. The molecule has 0 heterocycles. The minimum absolute atomic E-state index is 0.940. The van der Waals surface area contributed by atoms with Gasteiger partial charge in [0.1, 0.15) is 0 Å². The Bertz CT molecular complexity index is 322. The van der Waals surface area contributed by atoms with Gasteiger partial charge < -0.3 is 5.32 Å². The molecular formula is C13H17N. The molecule has 0 spiro atoms. The summed E-state index contributed by atoms with van der Waals surface area (Å²) in [6, 6.07) is 10.4. The van der Waals surface area contributed by atoms with Crippen LogP contribution in [0, 0.1) is 0 Å². The van der Waals surface area contributed by atoms with Crippen molar-refractivity contribution in [3.8, 4) is 0 Å². The molecule has 0 aliphatic carbocycles. The summed E-state index contributed by atoms with van der Waals surface area (Å²) < 4.78 is 0. The van der Waals surface area contributed by atoms with Gasteiger partial charge in [-0.1, -0.05) is 43.0 Å². The van der Waals surface area contributed by atoms with E-state index in [-0.39, 0.29) is 0 Å². The molecule has 14 heavy (non-hydrogen) atoms. The Labute approximate surface area is 86.2 Å². The fourth-order valence-corrected chi connectivity index (χ4v) is 1.35. The van der Waals surface area contributed by atoms with Crippen molar-refractivity contribution in [3.63, 3.8) is 0 Å². The van der Waals surface area contributed by atoms with E-state index < -0.39 is 0 Å². The summed E-state index contributed by atoms with van der Waals surface area (Å²) in [6.45, 7) is 5.84. The fourth-order valence-electron chi connectivity index (χ4n) is 1.35. The highest BCUT2D eigenvalue weighted by molar-refractivity contribution is 5.27. The van der Waals surface area contributed by atoms with Crippen molar-refractivity contribution in [2.24, 2.45) is 0 Å². The molecule has 0 bridgehead atoms. The minimum Gasteiger partial charge on any atom is -0.391 e. The Hall–Kier alpha value is -1.50. The van der Waals surface area contributed by atoms with Gasteiger partial charge in [0.05, 0.1) is 0 Å². The maximum absolute atomic E-state index is 3.77. The molecule has 0 aromatic heterocycles. The molecule has 1 nitrogen and oxygen atoms in total. The summed E-state index contributed by atoms with van der Waals surface area (Å²) in [6.07, 6.45) is 2.82. The van der Waals surface area contributed by atoms with E-state index in [4.69, 9.17) is 0 Å². The van der Waals surface area contributed by atoms with Crippen molar-refractivity contribution in [2.75, 3.05) is 7.05 Å². The molecule has 0 aliphatic heterocycles. The summed E-state index contributed by atoms with van der Waals surface area (Å²) in [4.78, 5) is 0. The molecule has 0 radical (unpaired) electrons. The standard InChI is InChI=1S/C13H17N/c1-4-11(2)13(14-3)10-12-8-6-5-7-9-12/h4-9,14H,1,10H2,2-3H3/b13-11-. The molecule has 0 unspecified atom stereocenters. The van der Waals surface area contributed by atoms with Gasteiger partial charge in [-0.2, -0.15) is 0 Å². The number of rotatable bonds is 4. The SMILES string of the molecule is C=C/C(C)=C(/Cc1ccccc1)NC. The number of likely N-dealkylation sites (N-methyl/N-ethyl adjacent to an activating group) is 1. The lowest BCUT2D eigenvalue weighted by molar-refractivity contribution is 0.902. The van der Waals surface area contributed by atoms with Crippen molar-refractivity contribution >= 4 is 0 Å². The molecule has 1 heteroatoms. The molecule has 0 aliphatic rings. The first-order valence-electron chi connectivity index (χ1n) is 4.81. The van der Waals surface area contributed by atoms with Gasteiger partial charge in [0.15, 0.2) is 0 Å². The topological polar surface area (TPSA) is 12.0 Å². The van der Waals surface area contributed by atoms with E-state index in [1.165, 1.54) is 16.8 Å². The van der Waals surface area contributed by atoms with Crippen molar-refractivity contribution in [1.82, 2.24) is 5.32 Å². The van der Waals surface area contributed by atoms with Gasteiger partial charge in [-0.15, -0.1) is 0 Å². The molecule has 1 aromatic rings. The third kappa shape index (κ3) is 2.77. The van der Waals surface area contributed by atoms with E-state index in [9.17, 15) is 0 Å². The second kappa shape index (κ2) is 5.28. The quantitative estimate of drug-likeness (QED) is 0.715. The van der Waals surface area contributed by atoms with E-state index in [2.05, 4.69) is 43.1 Å². The van der Waals surface area contributed by atoms with Crippen LogP contribution in [0.1, 0.15) is 12.5 Å². The van der Waals surface area contributed by atoms with Gasteiger partial charge in [-0.05, 0) is 18.1 Å². The Morgan fingerprint density at radius 2 is 2.00 bits per heavy atom. The predicted octanol–water partition coefficient (Wildman–Crippen LogP) is 2.91. The maximum atomic E-state index is 3.77. The van der Waals surface area contributed by atoms with E-state index in [0.29, 0.717) is 0 Å². The van der Waals surface area contributed by atoms with Gasteiger partial charge in [0, 0.05) is 19.2 Å². The van der Waals surface area contributed by atoms with Gasteiger partial charge in [0.25, 0.3) is 0 Å². The zero-order valence-corrected chi connectivity index (χ0v) is 8.88. The average Bonchev–Trinajstić information content (AvgIpc) is 2.26. The normalized spacial score (nSPS) is 11.9. The summed E-state index contributed by atoms with van der Waals surface area (Å²) in [5, 5.41) is 3.21. The first kappa shape index (κ1) is 10.6. The lowest BCUT2D eigenvalue weighted by Crippen LogP contribution is -2.10. The number of benzene rings is 1. The van der Waals surface area contributed by atoms with Crippen LogP contribution < -0.4 is 5.32 Å². The Morgan fingerprint density at radius 3 is 2.50 bits per heavy atom. The van der Waals surface area contributed by atoms with Crippen LogP contribution in [0.5, 0.6) is 0 Å². The lowest BCUT2D eigenvalue weighted by Gasteiger charge is -2.09. The fraction of sp³-hybridized carbons (Fsp3) is 0.231. The smallest absolute Gasteiger partial charge is 0.0178 e. The molecule has 74 valence electrons. The second-order valence-electron chi connectivity index (χ2n) is 3.28. The van der Waals surface area contributed by atoms with Crippen LogP contribution in [0.25, 0.3) is 0 Å². The highest BCUT2D eigenvalue weighted by Crippen LogP contribution is 2.09. The van der Waals surface area contributed by atoms with Crippen molar-refractivity contribution in [2.45, 2.75) is 13.3 Å². The third-order valence-corrected chi connectivity index (χ3v) is 2.31. The molecule has 1 aromatic carbocycles. The van der Waals surface area contributed by atoms with Gasteiger partial charge in [0.2, 0.25) is 0 Å². The van der Waals surface area contributed by atoms with Gasteiger partial charge in [-0.3, -0.25) is 0 Å². The Morgan fingerprint density at radius 1 is 1.36 bits per heavy atom. The van der Waals surface area contributed by atoms with Gasteiger partial charge >= 0.3 is 0 Å². The van der Waals surface area contributed by atoms with Crippen LogP contribution in [0.4, 0.5) is 0 Å². The minimum atomic E-state index is 0.940. The van der Waals surface area contributed by atoms with E-state index >= 15 is 0 Å². The molecule has 0 amide bonds. The van der Waals surface area contributed by atoms with E-state index in [1.807, 2.05) is 19.2 Å². The van der Waals surface area contributed by atoms with Crippen molar-refractivity contribution < 1.29 is 0 Å². The molecular weight excluding hydrogens is 170 g/mol. The zero-order valence-electron chi connectivity index (χ0n) is 8.88. The van der Waals surface area contributed by atoms with Crippen LogP contribution in [0.3, 0.4) is 0 Å². The molecule has 0 saturated heterocycles. The molecule has 1 rings (SSSR count). The summed E-state index contributed by atoms with van der Waals surface area (Å²) in [5.41, 5.74) is 3.75. The Balaban J connectivity index is 2.82. The average molecular weight is 187 g/mol. The van der Waals surface area contributed by atoms with E-state index in [1.54, 1.807) is 0 Å². The van der Waals surface area contributed by atoms with Crippen LogP contribution in [-0.2, 0) is 6.42 Å². The van der Waals surface area contributed by atoms with Crippen molar-refractivity contribution in [3.05, 3.63) is 59.8 Å². The van der Waals surface area contributed by atoms with Crippen LogP contribution in [0.15, 0.2) is 54.3 Å². The monoisotopic (exact) mass is 187 g/mol. The predicted molar refractivity (Wildman–Crippen MR) is 62.1 cm³/mol. The largest absolute Gasteiger partial charge is 0.391 e. The second-order valence-corrected chi connectivity index (χ2v) is 3.28. The molecule has 1 N–H and O–H groups in total. The van der Waals surface area contributed by atoms with Crippen LogP contribution >= 0.6 is 0 Å². The third-order valence-electron chi connectivity index (χ3n) is 2.31. The summed E-state index contributed by atoms with van der Waals surface area (Å²) in [5.74, 6) is 0. The zero-order chi connectivity index (χ0) is 10.4. The molecule has 0 atom stereocenters. The number of nitrogens with one attached hydrogen (secondary N) is 1. The highest BCUT2D eigenvalue weighted by atomic mass is 14.8. The maximum Gasteiger partial charge on any atom is 0.0178 e. The number of hydrogen-bond acceptors (Lipinski definition) is 1.